The van der Waals surface area contributed by atoms with Crippen LogP contribution in [0.3, 0.4) is 0 Å². The fourth-order valence-corrected chi connectivity index (χ4v) is 2.62. The fourth-order valence-electron chi connectivity index (χ4n) is 2.62. The molecule has 7 heteroatoms. The number of nitrogens with two attached hydrogens (primary N) is 1. The Labute approximate surface area is 157 Å². The van der Waals surface area contributed by atoms with Gasteiger partial charge in [0.2, 0.25) is 5.91 Å². The van der Waals surface area contributed by atoms with E-state index < -0.39 is 23.8 Å². The molecule has 0 aliphatic rings. The van der Waals surface area contributed by atoms with Crippen LogP contribution < -0.4 is 16.5 Å². The van der Waals surface area contributed by atoms with Gasteiger partial charge in [-0.3, -0.25) is 19.6 Å². The zero-order valence-electron chi connectivity index (χ0n) is 15.1. The van der Waals surface area contributed by atoms with E-state index in [1.807, 2.05) is 24.3 Å². The molecule has 0 aliphatic carbocycles. The molecule has 0 spiro atoms. The molecule has 3 amide bonds. The van der Waals surface area contributed by atoms with Gasteiger partial charge in [-0.2, -0.15) is 0 Å². The molecule has 0 bridgehead atoms. The first-order valence-corrected chi connectivity index (χ1v) is 8.67. The van der Waals surface area contributed by atoms with Crippen molar-refractivity contribution >= 4 is 17.7 Å². The average molecular weight is 369 g/mol. The first-order valence-electron chi connectivity index (χ1n) is 8.67. The van der Waals surface area contributed by atoms with Gasteiger partial charge in [0.15, 0.2) is 0 Å². The van der Waals surface area contributed by atoms with Gasteiger partial charge in [-0.05, 0) is 41.7 Å². The zero-order valence-corrected chi connectivity index (χ0v) is 15.1. The zero-order chi connectivity index (χ0) is 19.8. The molecule has 142 valence electrons. The molecule has 0 aliphatic heterocycles. The number of amides is 3. The molecule has 2 aromatic carbocycles. The molecule has 2 rings (SSSR count). The van der Waals surface area contributed by atoms with Gasteiger partial charge in [0.1, 0.15) is 6.04 Å². The van der Waals surface area contributed by atoms with Crippen molar-refractivity contribution in [3.63, 3.8) is 0 Å². The molecule has 2 aromatic rings. The minimum Gasteiger partial charge on any atom is -0.370 e. The Morgan fingerprint density at radius 1 is 1.00 bits per heavy atom. The van der Waals surface area contributed by atoms with Gasteiger partial charge in [0.25, 0.3) is 11.8 Å². The maximum Gasteiger partial charge on any atom is 0.265 e. The Balaban J connectivity index is 2.08. The van der Waals surface area contributed by atoms with Crippen molar-refractivity contribution < 1.29 is 19.6 Å². The van der Waals surface area contributed by atoms with E-state index in [-0.39, 0.29) is 12.8 Å². The van der Waals surface area contributed by atoms with Crippen molar-refractivity contribution in [1.29, 1.82) is 0 Å². The number of primary amides is 1. The van der Waals surface area contributed by atoms with Crippen molar-refractivity contribution in [1.82, 2.24) is 10.8 Å². The molecule has 0 saturated heterocycles. The van der Waals surface area contributed by atoms with Crippen molar-refractivity contribution in [3.05, 3.63) is 59.7 Å². The number of hydrogen-bond acceptors (Lipinski definition) is 4. The number of aryl methyl sites for hydroxylation is 1. The lowest BCUT2D eigenvalue weighted by molar-refractivity contribution is -0.131. The van der Waals surface area contributed by atoms with Crippen LogP contribution in [0.1, 0.15) is 35.7 Å². The third-order valence-electron chi connectivity index (χ3n) is 4.25. The Morgan fingerprint density at radius 3 is 2.04 bits per heavy atom. The topological polar surface area (TPSA) is 122 Å². The van der Waals surface area contributed by atoms with Gasteiger partial charge in [-0.1, -0.05) is 43.3 Å². The van der Waals surface area contributed by atoms with Gasteiger partial charge in [0, 0.05) is 12.0 Å². The van der Waals surface area contributed by atoms with Gasteiger partial charge in [-0.15, -0.1) is 0 Å². The van der Waals surface area contributed by atoms with Crippen LogP contribution in [0.25, 0.3) is 11.1 Å². The second-order valence-corrected chi connectivity index (χ2v) is 6.13. The third kappa shape index (κ3) is 5.65. The monoisotopic (exact) mass is 369 g/mol. The van der Waals surface area contributed by atoms with Crippen molar-refractivity contribution in [2.45, 2.75) is 32.2 Å². The number of rotatable bonds is 8. The lowest BCUT2D eigenvalue weighted by Gasteiger charge is -2.16. The number of carbonyl (C=O) groups excluding carboxylic acids is 3. The van der Waals surface area contributed by atoms with Gasteiger partial charge < -0.3 is 11.1 Å². The lowest BCUT2D eigenvalue weighted by Crippen LogP contribution is -2.46. The van der Waals surface area contributed by atoms with Crippen LogP contribution in [0.15, 0.2) is 48.5 Å². The predicted octanol–water partition coefficient (Wildman–Crippen LogP) is 1.79. The summed E-state index contributed by atoms with van der Waals surface area (Å²) in [6.07, 6.45) is 0.873. The van der Waals surface area contributed by atoms with Crippen LogP contribution in [-0.4, -0.2) is 29.0 Å². The summed E-state index contributed by atoms with van der Waals surface area (Å²) in [5.74, 6) is -1.89. The molecule has 1 atom stereocenters. The fraction of sp³-hybridized carbons (Fsp3) is 0.250. The molecule has 0 heterocycles. The molecule has 0 unspecified atom stereocenters. The number of nitrogens with one attached hydrogen (secondary N) is 2. The summed E-state index contributed by atoms with van der Waals surface area (Å²) in [6, 6.07) is 14.1. The van der Waals surface area contributed by atoms with Crippen molar-refractivity contribution in [3.8, 4) is 11.1 Å². The maximum atomic E-state index is 12.4. The van der Waals surface area contributed by atoms with Crippen LogP contribution in [0, 0.1) is 0 Å². The lowest BCUT2D eigenvalue weighted by atomic mass is 10.0. The Hall–Kier alpha value is -3.19. The average Bonchev–Trinajstić information content (AvgIpc) is 2.70. The number of hydroxylamine groups is 1. The van der Waals surface area contributed by atoms with E-state index in [0.717, 1.165) is 17.5 Å². The summed E-state index contributed by atoms with van der Waals surface area (Å²) in [5.41, 5.74) is 10.2. The Bertz CT molecular complexity index is 801. The minimum atomic E-state index is -1.06. The molecule has 0 radical (unpaired) electrons. The summed E-state index contributed by atoms with van der Waals surface area (Å²) < 4.78 is 0. The van der Waals surface area contributed by atoms with E-state index in [1.165, 1.54) is 11.0 Å². The van der Waals surface area contributed by atoms with Crippen LogP contribution in [-0.2, 0) is 16.0 Å². The van der Waals surface area contributed by atoms with Gasteiger partial charge >= 0.3 is 0 Å². The summed E-state index contributed by atoms with van der Waals surface area (Å²) in [5, 5.41) is 11.3. The van der Waals surface area contributed by atoms with E-state index in [0.29, 0.717) is 5.56 Å². The predicted molar refractivity (Wildman–Crippen MR) is 101 cm³/mol. The van der Waals surface area contributed by atoms with E-state index in [4.69, 9.17) is 10.9 Å². The van der Waals surface area contributed by atoms with Crippen molar-refractivity contribution in [2.75, 3.05) is 0 Å². The molecule has 7 nitrogen and oxygen atoms in total. The van der Waals surface area contributed by atoms with E-state index in [1.54, 1.807) is 12.1 Å². The summed E-state index contributed by atoms with van der Waals surface area (Å²) in [7, 11) is 0. The van der Waals surface area contributed by atoms with Gasteiger partial charge in [0.05, 0.1) is 0 Å². The summed E-state index contributed by atoms with van der Waals surface area (Å²) in [4.78, 5) is 34.9. The highest BCUT2D eigenvalue weighted by atomic mass is 16.5. The number of hydrogen-bond donors (Lipinski definition) is 4. The summed E-state index contributed by atoms with van der Waals surface area (Å²) in [6.45, 7) is 2.09. The van der Waals surface area contributed by atoms with Gasteiger partial charge in [-0.25, -0.2) is 5.48 Å². The number of benzene rings is 2. The number of carbonyl (C=O) groups is 3. The van der Waals surface area contributed by atoms with Crippen molar-refractivity contribution in [2.24, 2.45) is 5.73 Å². The highest BCUT2D eigenvalue weighted by molar-refractivity contribution is 5.97. The molecule has 27 heavy (non-hydrogen) atoms. The van der Waals surface area contributed by atoms with E-state index in [9.17, 15) is 14.4 Å². The smallest absolute Gasteiger partial charge is 0.265 e. The standard InChI is InChI=1S/C20H23N3O4/c1-2-13-3-5-14(6-4-13)15-7-9-16(10-8-15)19(25)22-17(20(26)23-27)11-12-18(21)24/h3-10,17,27H,2,11-12H2,1H3,(H2,21,24)(H,22,25)(H,23,26)/t17-/m1/s1. The first-order chi connectivity index (χ1) is 12.9. The third-order valence-corrected chi connectivity index (χ3v) is 4.25. The molecular formula is C20H23N3O4. The minimum absolute atomic E-state index is 0.00464. The molecule has 0 fully saturated rings. The highest BCUT2D eigenvalue weighted by Gasteiger charge is 2.21. The largest absolute Gasteiger partial charge is 0.370 e. The first kappa shape index (κ1) is 20.1. The Morgan fingerprint density at radius 2 is 1.56 bits per heavy atom. The summed E-state index contributed by atoms with van der Waals surface area (Å²) >= 11 is 0. The van der Waals surface area contributed by atoms with Crippen LogP contribution in [0.2, 0.25) is 0 Å². The molecule has 5 N–H and O–H groups in total. The maximum absolute atomic E-state index is 12.4. The van der Waals surface area contributed by atoms with E-state index in [2.05, 4.69) is 24.4 Å². The normalized spacial score (nSPS) is 11.5. The van der Waals surface area contributed by atoms with Crippen LogP contribution >= 0.6 is 0 Å². The SMILES string of the molecule is CCc1ccc(-c2ccc(C(=O)N[C@H](CCC(N)=O)C(=O)NO)cc2)cc1. The van der Waals surface area contributed by atoms with Crippen LogP contribution in [0.5, 0.6) is 0 Å². The second kappa shape index (κ2) is 9.49. The second-order valence-electron chi connectivity index (χ2n) is 6.13. The quantitative estimate of drug-likeness (QED) is 0.418. The molecule has 0 saturated carbocycles. The highest BCUT2D eigenvalue weighted by Crippen LogP contribution is 2.20. The molecular weight excluding hydrogens is 346 g/mol. The Kier molecular flexibility index (Phi) is 7.08. The van der Waals surface area contributed by atoms with Crippen LogP contribution in [0.4, 0.5) is 0 Å². The molecule has 0 aromatic heterocycles. The van der Waals surface area contributed by atoms with E-state index >= 15 is 0 Å².